The Morgan fingerprint density at radius 2 is 0.574 bits per heavy atom. The second-order valence-electron chi connectivity index (χ2n) is 18.0. The van der Waals surface area contributed by atoms with Crippen LogP contribution in [0.25, 0.3) is 0 Å². The van der Waals surface area contributed by atoms with E-state index in [1.54, 1.807) is 5.82 Å². The smallest absolute Gasteiger partial charge is 0.234 e. The van der Waals surface area contributed by atoms with E-state index in [4.69, 9.17) is 0 Å². The molecule has 0 amide bonds. The molecule has 0 saturated carbocycles. The van der Waals surface area contributed by atoms with E-state index < -0.39 is 0 Å². The lowest BCUT2D eigenvalue weighted by atomic mass is 10.0. The number of aromatic nitrogens is 2. The van der Waals surface area contributed by atoms with Crippen LogP contribution < -0.4 is 4.57 Å². The van der Waals surface area contributed by atoms with Crippen molar-refractivity contribution in [1.29, 1.82) is 0 Å². The van der Waals surface area contributed by atoms with Crippen LogP contribution in [0.2, 0.25) is 0 Å². The molecule has 0 atom stereocenters. The molecule has 0 N–H and O–H groups in total. The van der Waals surface area contributed by atoms with Gasteiger partial charge in [-0.2, -0.15) is 0 Å². The molecule has 54 heavy (non-hydrogen) atoms. The first-order valence-electron chi connectivity index (χ1n) is 25.9. The molecule has 2 heteroatoms. The van der Waals surface area contributed by atoms with Crippen molar-refractivity contribution < 1.29 is 4.57 Å². The van der Waals surface area contributed by atoms with Gasteiger partial charge in [-0.05, 0) is 32.1 Å². The van der Waals surface area contributed by atoms with Crippen LogP contribution in [0.4, 0.5) is 0 Å². The van der Waals surface area contributed by atoms with Gasteiger partial charge in [0.25, 0.3) is 5.82 Å². The molecule has 320 valence electrons. The van der Waals surface area contributed by atoms with Crippen LogP contribution in [0.15, 0.2) is 12.4 Å². The van der Waals surface area contributed by atoms with E-state index >= 15 is 0 Å². The molecule has 0 aliphatic rings. The topological polar surface area (TPSA) is 8.81 Å². The zero-order chi connectivity index (χ0) is 38.7. The van der Waals surface area contributed by atoms with E-state index in [0.717, 1.165) is 0 Å². The van der Waals surface area contributed by atoms with Crippen LogP contribution >= 0.6 is 0 Å². The van der Waals surface area contributed by atoms with Crippen molar-refractivity contribution in [3.63, 3.8) is 0 Å². The fraction of sp³-hybridized carbons (Fsp3) is 0.942. The minimum Gasteiger partial charge on any atom is -0.234 e. The average molecular weight is 756 g/mol. The van der Waals surface area contributed by atoms with Gasteiger partial charge in [-0.15, -0.1) is 0 Å². The zero-order valence-corrected chi connectivity index (χ0v) is 38.1. The van der Waals surface area contributed by atoms with E-state index in [1.807, 2.05) is 0 Å². The van der Waals surface area contributed by atoms with Gasteiger partial charge in [-0.25, -0.2) is 9.13 Å². The summed E-state index contributed by atoms with van der Waals surface area (Å²) in [5.74, 6) is 1.63. The van der Waals surface area contributed by atoms with Gasteiger partial charge < -0.3 is 0 Å². The number of aryl methyl sites for hydroxylation is 2. The molecular formula is C52H103N2+. The first kappa shape index (κ1) is 51.2. The van der Waals surface area contributed by atoms with Crippen molar-refractivity contribution in [2.75, 3.05) is 0 Å². The van der Waals surface area contributed by atoms with Crippen LogP contribution in [0.3, 0.4) is 0 Å². The minimum absolute atomic E-state index is 1.23. The van der Waals surface area contributed by atoms with Crippen molar-refractivity contribution in [2.24, 2.45) is 0 Å². The highest BCUT2D eigenvalue weighted by Crippen LogP contribution is 2.17. The molecule has 1 heterocycles. The first-order chi connectivity index (χ1) is 26.8. The number of hydrogen-bond acceptors (Lipinski definition) is 0. The normalized spacial score (nSPS) is 11.7. The van der Waals surface area contributed by atoms with Gasteiger partial charge in [0.2, 0.25) is 0 Å². The zero-order valence-electron chi connectivity index (χ0n) is 38.1. The van der Waals surface area contributed by atoms with E-state index in [-0.39, 0.29) is 0 Å². The molecule has 1 aromatic rings. The van der Waals surface area contributed by atoms with Crippen molar-refractivity contribution in [1.82, 2.24) is 4.57 Å². The van der Waals surface area contributed by atoms with Crippen LogP contribution in [0.1, 0.15) is 303 Å². The van der Waals surface area contributed by atoms with Crippen molar-refractivity contribution in [3.8, 4) is 0 Å². The van der Waals surface area contributed by atoms with E-state index in [9.17, 15) is 0 Å². The molecule has 0 bridgehead atoms. The van der Waals surface area contributed by atoms with Crippen LogP contribution in [0.5, 0.6) is 0 Å². The van der Waals surface area contributed by atoms with E-state index in [2.05, 4.69) is 42.3 Å². The standard InChI is InChI=1S/C52H103N2/c1-4-7-10-13-16-19-22-25-27-28-31-34-37-40-43-46-49-54-51-50-53(48-45-42-39-36-33-30-24-21-18-15-12-9-6-3)52(54)47-44-41-38-35-32-29-26-23-20-17-14-11-8-5-2/h50-51H,4-49H2,1-3H3/q+1. The first-order valence-corrected chi connectivity index (χ1v) is 25.9. The summed E-state index contributed by atoms with van der Waals surface area (Å²) in [6.45, 7) is 9.42. The lowest BCUT2D eigenvalue weighted by Crippen LogP contribution is -2.37. The Morgan fingerprint density at radius 3 is 0.889 bits per heavy atom. The Hall–Kier alpha value is -0.790. The fourth-order valence-electron chi connectivity index (χ4n) is 8.80. The van der Waals surface area contributed by atoms with Gasteiger partial charge in [0, 0.05) is 6.42 Å². The van der Waals surface area contributed by atoms with Gasteiger partial charge >= 0.3 is 0 Å². The molecule has 0 radical (unpaired) electrons. The summed E-state index contributed by atoms with van der Waals surface area (Å²) >= 11 is 0. The number of rotatable bonds is 46. The SMILES string of the molecule is CCCCCCCCCCCCCCCCCC[n+]1ccn(CCCCCCCCCCCCCCC)c1CCCCCCCCCCCCCCCC. The van der Waals surface area contributed by atoms with Gasteiger partial charge in [0.1, 0.15) is 12.4 Å². The maximum atomic E-state index is 2.66. The van der Waals surface area contributed by atoms with Gasteiger partial charge in [0.15, 0.2) is 0 Å². The molecule has 0 spiro atoms. The number of imidazole rings is 1. The highest BCUT2D eigenvalue weighted by molar-refractivity contribution is 4.84. The van der Waals surface area contributed by atoms with E-state index in [0.29, 0.717) is 0 Å². The van der Waals surface area contributed by atoms with Crippen molar-refractivity contribution in [2.45, 2.75) is 316 Å². The third-order valence-corrected chi connectivity index (χ3v) is 12.6. The summed E-state index contributed by atoms with van der Waals surface area (Å²) in [5.41, 5.74) is 0. The second-order valence-corrected chi connectivity index (χ2v) is 18.0. The lowest BCUT2D eigenvalue weighted by molar-refractivity contribution is -0.704. The highest BCUT2D eigenvalue weighted by Gasteiger charge is 2.16. The van der Waals surface area contributed by atoms with Gasteiger partial charge in [-0.3, -0.25) is 0 Å². The quantitative estimate of drug-likeness (QED) is 0.0463. The fourth-order valence-corrected chi connectivity index (χ4v) is 8.80. The number of nitrogens with zero attached hydrogens (tertiary/aromatic N) is 2. The summed E-state index contributed by atoms with van der Waals surface area (Å²) < 4.78 is 5.32. The molecule has 2 nitrogen and oxygen atoms in total. The van der Waals surface area contributed by atoms with Gasteiger partial charge in [0.05, 0.1) is 13.1 Å². The summed E-state index contributed by atoms with van der Waals surface area (Å²) in [5, 5.41) is 0. The number of unbranched alkanes of at least 4 members (excludes halogenated alkanes) is 40. The Labute approximate surface area is 342 Å². The molecule has 0 unspecified atom stereocenters. The molecule has 0 aliphatic carbocycles. The van der Waals surface area contributed by atoms with Crippen LogP contribution in [-0.2, 0) is 19.5 Å². The molecule has 0 fully saturated rings. The molecule has 0 aliphatic heterocycles. The van der Waals surface area contributed by atoms with E-state index in [1.165, 1.54) is 296 Å². The van der Waals surface area contributed by atoms with Crippen LogP contribution in [0, 0.1) is 0 Å². The predicted octanol–water partition coefficient (Wildman–Crippen LogP) is 18.2. The lowest BCUT2D eigenvalue weighted by Gasteiger charge is -2.07. The van der Waals surface area contributed by atoms with Crippen molar-refractivity contribution in [3.05, 3.63) is 18.2 Å². The summed E-state index contributed by atoms with van der Waals surface area (Å²) in [6, 6.07) is 0. The molecule has 1 rings (SSSR count). The molecule has 0 saturated heterocycles. The van der Waals surface area contributed by atoms with Crippen LogP contribution in [-0.4, -0.2) is 4.57 Å². The summed E-state index contributed by atoms with van der Waals surface area (Å²) in [4.78, 5) is 0. The van der Waals surface area contributed by atoms with Gasteiger partial charge in [-0.1, -0.05) is 265 Å². The highest BCUT2D eigenvalue weighted by atomic mass is 15.1. The summed E-state index contributed by atoms with van der Waals surface area (Å²) in [6.07, 6.45) is 68.3. The van der Waals surface area contributed by atoms with Crippen molar-refractivity contribution >= 4 is 0 Å². The monoisotopic (exact) mass is 756 g/mol. The predicted molar refractivity (Wildman–Crippen MR) is 244 cm³/mol. The summed E-state index contributed by atoms with van der Waals surface area (Å²) in [7, 11) is 0. The average Bonchev–Trinajstić information content (AvgIpc) is 3.57. The minimum atomic E-state index is 1.23. The molecule has 1 aromatic heterocycles. The third kappa shape index (κ3) is 34.5. The largest absolute Gasteiger partial charge is 0.256 e. The maximum absolute atomic E-state index is 2.66. The Kier molecular flexibility index (Phi) is 41.1. The third-order valence-electron chi connectivity index (χ3n) is 12.6. The maximum Gasteiger partial charge on any atom is 0.256 e. The Balaban J connectivity index is 2.25. The number of hydrogen-bond donors (Lipinski definition) is 0. The second kappa shape index (κ2) is 43.3. The molecule has 0 aromatic carbocycles. The molecular weight excluding hydrogens is 653 g/mol. The Morgan fingerprint density at radius 1 is 0.315 bits per heavy atom. The Bertz CT molecular complexity index is 826.